The Bertz CT molecular complexity index is 722. The maximum atomic E-state index is 13.7. The SMILES string of the molecule is Cc1ccc(S)cc1C(=O)Nc1ccc(C#N)cc1F. The van der Waals surface area contributed by atoms with Crippen LogP contribution >= 0.6 is 12.6 Å². The molecule has 0 bridgehead atoms. The Hall–Kier alpha value is -2.32. The standard InChI is InChI=1S/C15H11FN2OS/c1-9-2-4-11(20)7-12(9)15(19)18-14-5-3-10(8-17)6-13(14)16/h2-7,20H,1H3,(H,18,19). The number of halogens is 1. The zero-order valence-corrected chi connectivity index (χ0v) is 11.5. The molecular weight excluding hydrogens is 275 g/mol. The Morgan fingerprint density at radius 3 is 2.70 bits per heavy atom. The fourth-order valence-corrected chi connectivity index (χ4v) is 1.93. The molecule has 0 unspecified atom stereocenters. The molecule has 0 radical (unpaired) electrons. The van der Waals surface area contributed by atoms with E-state index < -0.39 is 11.7 Å². The van der Waals surface area contributed by atoms with Gasteiger partial charge in [0.25, 0.3) is 5.91 Å². The highest BCUT2D eigenvalue weighted by molar-refractivity contribution is 7.80. The average Bonchev–Trinajstić information content (AvgIpc) is 2.43. The van der Waals surface area contributed by atoms with E-state index in [-0.39, 0.29) is 11.3 Å². The van der Waals surface area contributed by atoms with Crippen LogP contribution in [0.25, 0.3) is 0 Å². The lowest BCUT2D eigenvalue weighted by molar-refractivity contribution is 0.102. The Morgan fingerprint density at radius 1 is 1.30 bits per heavy atom. The Labute approximate surface area is 121 Å². The molecule has 2 rings (SSSR count). The van der Waals surface area contributed by atoms with Gasteiger partial charge in [-0.2, -0.15) is 5.26 Å². The van der Waals surface area contributed by atoms with Crippen LogP contribution in [0.4, 0.5) is 10.1 Å². The van der Waals surface area contributed by atoms with Gasteiger partial charge in [-0.25, -0.2) is 4.39 Å². The molecule has 2 aromatic carbocycles. The van der Waals surface area contributed by atoms with Crippen LogP contribution in [0.5, 0.6) is 0 Å². The van der Waals surface area contributed by atoms with Crippen molar-refractivity contribution < 1.29 is 9.18 Å². The molecule has 0 spiro atoms. The Kier molecular flexibility index (Phi) is 4.06. The van der Waals surface area contributed by atoms with E-state index in [1.165, 1.54) is 12.1 Å². The zero-order valence-electron chi connectivity index (χ0n) is 10.6. The lowest BCUT2D eigenvalue weighted by atomic mass is 10.1. The van der Waals surface area contributed by atoms with Crippen molar-refractivity contribution in [1.29, 1.82) is 5.26 Å². The molecule has 0 aliphatic carbocycles. The molecule has 1 N–H and O–H groups in total. The summed E-state index contributed by atoms with van der Waals surface area (Å²) in [6, 6.07) is 10.9. The normalized spacial score (nSPS) is 9.90. The van der Waals surface area contributed by atoms with E-state index in [0.29, 0.717) is 10.5 Å². The fourth-order valence-electron chi connectivity index (χ4n) is 1.73. The predicted molar refractivity (Wildman–Crippen MR) is 77.5 cm³/mol. The van der Waals surface area contributed by atoms with E-state index in [1.54, 1.807) is 25.1 Å². The molecule has 0 fully saturated rings. The number of hydrogen-bond acceptors (Lipinski definition) is 3. The van der Waals surface area contributed by atoms with Crippen LogP contribution < -0.4 is 5.32 Å². The summed E-state index contributed by atoms with van der Waals surface area (Å²) in [6.45, 7) is 1.79. The molecule has 2 aromatic rings. The first-order valence-electron chi connectivity index (χ1n) is 5.82. The average molecular weight is 286 g/mol. The van der Waals surface area contributed by atoms with Crippen molar-refractivity contribution >= 4 is 24.2 Å². The van der Waals surface area contributed by atoms with Crippen LogP contribution in [0.15, 0.2) is 41.3 Å². The molecular formula is C15H11FN2OS. The molecule has 3 nitrogen and oxygen atoms in total. The van der Waals surface area contributed by atoms with Crippen LogP contribution in [0.2, 0.25) is 0 Å². The van der Waals surface area contributed by atoms with Gasteiger partial charge in [-0.05, 0) is 42.8 Å². The van der Waals surface area contributed by atoms with Crippen molar-refractivity contribution in [3.8, 4) is 6.07 Å². The number of nitrogens with zero attached hydrogens (tertiary/aromatic N) is 1. The molecule has 0 aromatic heterocycles. The van der Waals surface area contributed by atoms with Gasteiger partial charge in [0.2, 0.25) is 0 Å². The molecule has 0 aliphatic rings. The third-order valence-electron chi connectivity index (χ3n) is 2.81. The summed E-state index contributed by atoms with van der Waals surface area (Å²) in [7, 11) is 0. The number of nitriles is 1. The van der Waals surface area contributed by atoms with E-state index >= 15 is 0 Å². The number of rotatable bonds is 2. The second-order valence-corrected chi connectivity index (χ2v) is 4.78. The van der Waals surface area contributed by atoms with Crippen molar-refractivity contribution in [2.75, 3.05) is 5.32 Å². The predicted octanol–water partition coefficient (Wildman–Crippen LogP) is 3.55. The molecule has 1 amide bonds. The molecule has 0 saturated heterocycles. The van der Waals surface area contributed by atoms with E-state index in [1.807, 2.05) is 6.07 Å². The third kappa shape index (κ3) is 2.98. The quantitative estimate of drug-likeness (QED) is 0.830. The number of benzene rings is 2. The molecule has 0 atom stereocenters. The van der Waals surface area contributed by atoms with Gasteiger partial charge in [-0.3, -0.25) is 4.79 Å². The first-order chi connectivity index (χ1) is 9.51. The van der Waals surface area contributed by atoms with Gasteiger partial charge < -0.3 is 5.32 Å². The summed E-state index contributed by atoms with van der Waals surface area (Å²) in [6.07, 6.45) is 0. The van der Waals surface area contributed by atoms with Gasteiger partial charge in [0.05, 0.1) is 17.3 Å². The Balaban J connectivity index is 2.28. The lowest BCUT2D eigenvalue weighted by Gasteiger charge is -2.09. The van der Waals surface area contributed by atoms with Gasteiger partial charge in [0.1, 0.15) is 5.82 Å². The van der Waals surface area contributed by atoms with Gasteiger partial charge in [-0.15, -0.1) is 12.6 Å². The number of carbonyl (C=O) groups is 1. The highest BCUT2D eigenvalue weighted by Crippen LogP contribution is 2.19. The highest BCUT2D eigenvalue weighted by atomic mass is 32.1. The Morgan fingerprint density at radius 2 is 2.05 bits per heavy atom. The summed E-state index contributed by atoms with van der Waals surface area (Å²) in [4.78, 5) is 12.8. The lowest BCUT2D eigenvalue weighted by Crippen LogP contribution is -2.14. The van der Waals surface area contributed by atoms with Crippen LogP contribution in [-0.4, -0.2) is 5.91 Å². The van der Waals surface area contributed by atoms with E-state index in [9.17, 15) is 9.18 Å². The van der Waals surface area contributed by atoms with Gasteiger partial charge in [0, 0.05) is 10.5 Å². The molecule has 20 heavy (non-hydrogen) atoms. The van der Waals surface area contributed by atoms with Crippen LogP contribution in [0.3, 0.4) is 0 Å². The second-order valence-electron chi connectivity index (χ2n) is 4.26. The maximum absolute atomic E-state index is 13.7. The van der Waals surface area contributed by atoms with Crippen LogP contribution in [0.1, 0.15) is 21.5 Å². The first kappa shape index (κ1) is 14.1. The summed E-state index contributed by atoms with van der Waals surface area (Å²) in [5.74, 6) is -1.06. The number of hydrogen-bond donors (Lipinski definition) is 2. The largest absolute Gasteiger partial charge is 0.319 e. The molecule has 0 heterocycles. The zero-order chi connectivity index (χ0) is 14.7. The van der Waals surface area contributed by atoms with Crippen LogP contribution in [0, 0.1) is 24.1 Å². The van der Waals surface area contributed by atoms with E-state index in [4.69, 9.17) is 5.26 Å². The van der Waals surface area contributed by atoms with Crippen LogP contribution in [-0.2, 0) is 0 Å². The molecule has 100 valence electrons. The smallest absolute Gasteiger partial charge is 0.256 e. The van der Waals surface area contributed by atoms with E-state index in [0.717, 1.165) is 11.6 Å². The minimum absolute atomic E-state index is 0.0398. The van der Waals surface area contributed by atoms with Gasteiger partial charge >= 0.3 is 0 Å². The van der Waals surface area contributed by atoms with Crippen molar-refractivity contribution in [2.24, 2.45) is 0 Å². The third-order valence-corrected chi connectivity index (χ3v) is 3.09. The fraction of sp³-hybridized carbons (Fsp3) is 0.0667. The second kappa shape index (κ2) is 5.76. The van der Waals surface area contributed by atoms with E-state index in [2.05, 4.69) is 17.9 Å². The summed E-state index contributed by atoms with van der Waals surface area (Å²) in [5.41, 5.74) is 1.45. The number of nitrogens with one attached hydrogen (secondary N) is 1. The number of aryl methyl sites for hydroxylation is 1. The molecule has 0 saturated carbocycles. The van der Waals surface area contributed by atoms with Gasteiger partial charge in [0.15, 0.2) is 0 Å². The topological polar surface area (TPSA) is 52.9 Å². The van der Waals surface area contributed by atoms with Crippen molar-refractivity contribution in [3.05, 3.63) is 58.9 Å². The minimum atomic E-state index is -0.642. The molecule has 0 aliphatic heterocycles. The summed E-state index contributed by atoms with van der Waals surface area (Å²) < 4.78 is 13.7. The minimum Gasteiger partial charge on any atom is -0.319 e. The summed E-state index contributed by atoms with van der Waals surface area (Å²) >= 11 is 4.18. The van der Waals surface area contributed by atoms with Crippen molar-refractivity contribution in [1.82, 2.24) is 0 Å². The van der Waals surface area contributed by atoms with Crippen molar-refractivity contribution in [3.63, 3.8) is 0 Å². The van der Waals surface area contributed by atoms with Gasteiger partial charge in [-0.1, -0.05) is 6.07 Å². The molecule has 5 heteroatoms. The first-order valence-corrected chi connectivity index (χ1v) is 6.26. The number of carbonyl (C=O) groups excluding carboxylic acids is 1. The monoisotopic (exact) mass is 286 g/mol. The number of anilines is 1. The van der Waals surface area contributed by atoms with Crippen molar-refractivity contribution in [2.45, 2.75) is 11.8 Å². The number of thiol groups is 1. The highest BCUT2D eigenvalue weighted by Gasteiger charge is 2.12. The maximum Gasteiger partial charge on any atom is 0.256 e. The number of amides is 1. The summed E-state index contributed by atoms with van der Waals surface area (Å²) in [5, 5.41) is 11.2.